The highest BCUT2D eigenvalue weighted by Crippen LogP contribution is 2.25. The molecule has 2 heterocycles. The maximum atomic E-state index is 12.4. The predicted octanol–water partition coefficient (Wildman–Crippen LogP) is 4.86. The van der Waals surface area contributed by atoms with Crippen molar-refractivity contribution in [2.45, 2.75) is 19.8 Å². The van der Waals surface area contributed by atoms with Gasteiger partial charge in [0.05, 0.1) is 24.2 Å². The largest absolute Gasteiger partial charge is 0.492 e. The number of hydrogen-bond acceptors (Lipinski definition) is 6. The zero-order valence-electron chi connectivity index (χ0n) is 17.5. The molecule has 3 aromatic rings. The van der Waals surface area contributed by atoms with Gasteiger partial charge in [-0.25, -0.2) is 4.79 Å². The Kier molecular flexibility index (Phi) is 6.47. The summed E-state index contributed by atoms with van der Waals surface area (Å²) in [6.45, 7) is 4.55. The number of rotatable bonds is 7. The summed E-state index contributed by atoms with van der Waals surface area (Å²) in [6.07, 6.45) is 4.22. The Morgan fingerprint density at radius 1 is 1.03 bits per heavy atom. The molecule has 0 saturated carbocycles. The topological polar surface area (TPSA) is 91.4 Å². The zero-order valence-corrected chi connectivity index (χ0v) is 17.5. The third-order valence-electron chi connectivity index (χ3n) is 4.96. The van der Waals surface area contributed by atoms with Gasteiger partial charge in [-0.3, -0.25) is 0 Å². The number of carbonyl (C=O) groups excluding carboxylic acids is 1. The number of anilines is 5. The first-order valence-electron chi connectivity index (χ1n) is 10.5. The molecule has 1 aliphatic rings. The fraction of sp³-hybridized carbons (Fsp3) is 0.261. The summed E-state index contributed by atoms with van der Waals surface area (Å²) in [5.74, 6) is 1.33. The molecule has 0 spiro atoms. The monoisotopic (exact) mass is 418 g/mol. The maximum Gasteiger partial charge on any atom is 0.323 e. The second-order valence-corrected chi connectivity index (χ2v) is 7.20. The fourth-order valence-electron chi connectivity index (χ4n) is 3.49. The van der Waals surface area contributed by atoms with Gasteiger partial charge < -0.3 is 25.6 Å². The van der Waals surface area contributed by atoms with Crippen molar-refractivity contribution in [3.8, 4) is 5.75 Å². The van der Waals surface area contributed by atoms with E-state index in [9.17, 15) is 4.79 Å². The summed E-state index contributed by atoms with van der Waals surface area (Å²) < 4.78 is 5.54. The van der Waals surface area contributed by atoms with Crippen LogP contribution in [-0.4, -0.2) is 35.9 Å². The molecule has 0 radical (unpaired) electrons. The predicted molar refractivity (Wildman–Crippen MR) is 123 cm³/mol. The summed E-state index contributed by atoms with van der Waals surface area (Å²) in [4.78, 5) is 14.7. The zero-order chi connectivity index (χ0) is 21.5. The van der Waals surface area contributed by atoms with E-state index >= 15 is 0 Å². The summed E-state index contributed by atoms with van der Waals surface area (Å²) in [7, 11) is 0. The lowest BCUT2D eigenvalue weighted by Gasteiger charge is -2.17. The van der Waals surface area contributed by atoms with Crippen LogP contribution < -0.4 is 25.6 Å². The van der Waals surface area contributed by atoms with Crippen LogP contribution in [0.1, 0.15) is 19.8 Å². The van der Waals surface area contributed by atoms with Crippen LogP contribution in [0.15, 0.2) is 60.8 Å². The highest BCUT2D eigenvalue weighted by Gasteiger charge is 2.13. The van der Waals surface area contributed by atoms with E-state index in [1.807, 2.05) is 55.5 Å². The number of nitrogens with zero attached hydrogens (tertiary/aromatic N) is 3. The number of ether oxygens (including phenoxy) is 1. The van der Waals surface area contributed by atoms with E-state index < -0.39 is 0 Å². The van der Waals surface area contributed by atoms with Gasteiger partial charge in [0.25, 0.3) is 0 Å². The van der Waals surface area contributed by atoms with E-state index in [0.29, 0.717) is 29.5 Å². The van der Waals surface area contributed by atoms with Crippen molar-refractivity contribution in [1.29, 1.82) is 0 Å². The van der Waals surface area contributed by atoms with Crippen LogP contribution in [0, 0.1) is 0 Å². The second-order valence-electron chi connectivity index (χ2n) is 7.20. The van der Waals surface area contributed by atoms with Crippen molar-refractivity contribution in [1.82, 2.24) is 10.2 Å². The van der Waals surface area contributed by atoms with Gasteiger partial charge in [-0.15, -0.1) is 5.10 Å². The summed E-state index contributed by atoms with van der Waals surface area (Å²) in [5.41, 5.74) is 3.24. The van der Waals surface area contributed by atoms with Crippen LogP contribution in [0.5, 0.6) is 5.75 Å². The molecule has 4 rings (SSSR count). The van der Waals surface area contributed by atoms with Gasteiger partial charge in [0.1, 0.15) is 5.75 Å². The smallest absolute Gasteiger partial charge is 0.323 e. The molecule has 0 unspecified atom stereocenters. The lowest BCUT2D eigenvalue weighted by atomic mass is 10.2. The molecule has 1 fully saturated rings. The first-order valence-corrected chi connectivity index (χ1v) is 10.5. The van der Waals surface area contributed by atoms with E-state index in [1.54, 1.807) is 12.3 Å². The molecule has 1 aromatic heterocycles. The quantitative estimate of drug-likeness (QED) is 0.507. The number of nitrogens with one attached hydrogen (secondary N) is 3. The Bertz CT molecular complexity index is 1020. The molecular weight excluding hydrogens is 392 g/mol. The molecule has 8 nitrogen and oxygen atoms in total. The molecule has 31 heavy (non-hydrogen) atoms. The molecule has 8 heteroatoms. The van der Waals surface area contributed by atoms with Crippen LogP contribution >= 0.6 is 0 Å². The van der Waals surface area contributed by atoms with Gasteiger partial charge in [-0.2, -0.15) is 5.10 Å². The number of carbonyl (C=O) groups is 1. The Hall–Kier alpha value is -3.81. The third kappa shape index (κ3) is 5.42. The minimum Gasteiger partial charge on any atom is -0.492 e. The standard InChI is InChI=1S/C23H26N6O2/c1-2-31-21-8-4-3-7-20(21)27-23(30)26-18-11-9-17(10-12-18)25-22-15-19(16-24-28-22)29-13-5-6-14-29/h3-4,7-12,15-16H,2,5-6,13-14H2,1H3,(H,25,28)(H2,26,27,30). The summed E-state index contributed by atoms with van der Waals surface area (Å²) in [6, 6.07) is 16.4. The molecule has 3 N–H and O–H groups in total. The minimum absolute atomic E-state index is 0.336. The molecule has 0 atom stereocenters. The molecule has 1 aliphatic heterocycles. The average molecular weight is 419 g/mol. The summed E-state index contributed by atoms with van der Waals surface area (Å²) in [5, 5.41) is 17.2. The minimum atomic E-state index is -0.336. The van der Waals surface area contributed by atoms with Crippen molar-refractivity contribution in [2.75, 3.05) is 40.5 Å². The fourth-order valence-corrected chi connectivity index (χ4v) is 3.49. The van der Waals surface area contributed by atoms with Crippen LogP contribution in [0.4, 0.5) is 33.4 Å². The van der Waals surface area contributed by atoms with Crippen molar-refractivity contribution in [2.24, 2.45) is 0 Å². The lowest BCUT2D eigenvalue weighted by Crippen LogP contribution is -2.19. The van der Waals surface area contributed by atoms with Crippen molar-refractivity contribution in [3.05, 3.63) is 60.8 Å². The van der Waals surface area contributed by atoms with E-state index in [2.05, 4.69) is 31.0 Å². The van der Waals surface area contributed by atoms with Gasteiger partial charge in [-0.1, -0.05) is 12.1 Å². The van der Waals surface area contributed by atoms with Gasteiger partial charge in [0.15, 0.2) is 5.82 Å². The number of hydrogen-bond donors (Lipinski definition) is 3. The van der Waals surface area contributed by atoms with Crippen LogP contribution in [0.25, 0.3) is 0 Å². The number of urea groups is 1. The summed E-state index contributed by atoms with van der Waals surface area (Å²) >= 11 is 0. The number of benzene rings is 2. The van der Waals surface area contributed by atoms with Crippen molar-refractivity contribution < 1.29 is 9.53 Å². The van der Waals surface area contributed by atoms with Crippen molar-refractivity contribution >= 4 is 34.6 Å². The van der Waals surface area contributed by atoms with E-state index in [-0.39, 0.29) is 6.03 Å². The number of aromatic nitrogens is 2. The van der Waals surface area contributed by atoms with Crippen LogP contribution in [0.2, 0.25) is 0 Å². The van der Waals surface area contributed by atoms with E-state index in [1.165, 1.54) is 12.8 Å². The molecule has 2 aromatic carbocycles. The van der Waals surface area contributed by atoms with Crippen molar-refractivity contribution in [3.63, 3.8) is 0 Å². The second kappa shape index (κ2) is 9.80. The third-order valence-corrected chi connectivity index (χ3v) is 4.96. The number of amides is 2. The van der Waals surface area contributed by atoms with Gasteiger partial charge in [-0.05, 0) is 56.2 Å². The van der Waals surface area contributed by atoms with Gasteiger partial charge in [0.2, 0.25) is 0 Å². The Morgan fingerprint density at radius 3 is 2.55 bits per heavy atom. The SMILES string of the molecule is CCOc1ccccc1NC(=O)Nc1ccc(Nc2cc(N3CCCC3)cnn2)cc1. The molecule has 0 bridgehead atoms. The maximum absolute atomic E-state index is 12.4. The Morgan fingerprint density at radius 2 is 1.77 bits per heavy atom. The highest BCUT2D eigenvalue weighted by atomic mass is 16.5. The molecule has 160 valence electrons. The first-order chi connectivity index (χ1) is 15.2. The highest BCUT2D eigenvalue weighted by molar-refractivity contribution is 6.00. The lowest BCUT2D eigenvalue weighted by molar-refractivity contribution is 0.262. The van der Waals surface area contributed by atoms with Crippen LogP contribution in [0.3, 0.4) is 0 Å². The Balaban J connectivity index is 1.35. The first kappa shape index (κ1) is 20.5. The van der Waals surface area contributed by atoms with Gasteiger partial charge >= 0.3 is 6.03 Å². The average Bonchev–Trinajstić information content (AvgIpc) is 3.32. The molecular formula is C23H26N6O2. The molecule has 0 aliphatic carbocycles. The number of para-hydroxylation sites is 2. The normalized spacial score (nSPS) is 13.0. The van der Waals surface area contributed by atoms with E-state index in [0.717, 1.165) is 24.5 Å². The van der Waals surface area contributed by atoms with Crippen LogP contribution in [-0.2, 0) is 0 Å². The Labute approximate surface area is 181 Å². The van der Waals surface area contributed by atoms with E-state index in [4.69, 9.17) is 4.74 Å². The van der Waals surface area contributed by atoms with Gasteiger partial charge in [0, 0.05) is 30.5 Å². The molecule has 2 amide bonds. The molecule has 1 saturated heterocycles.